The van der Waals surface area contributed by atoms with E-state index in [0.717, 1.165) is 31.0 Å². The number of esters is 1. The van der Waals surface area contributed by atoms with E-state index < -0.39 is 12.4 Å². The summed E-state index contributed by atoms with van der Waals surface area (Å²) in [5.41, 5.74) is 1.14. The SMILES string of the molecule is CCCNc1nc(CSc2nc(C(F)F)cc(C3CC3)c2C#N)c(C(=O)OCC)s1. The van der Waals surface area contributed by atoms with Gasteiger partial charge in [-0.05, 0) is 43.7 Å². The van der Waals surface area contributed by atoms with Gasteiger partial charge in [0, 0.05) is 12.3 Å². The fourth-order valence-electron chi connectivity index (χ4n) is 2.86. The molecule has 0 unspecified atom stereocenters. The largest absolute Gasteiger partial charge is 0.462 e. The molecule has 1 saturated carbocycles. The van der Waals surface area contributed by atoms with Crippen molar-refractivity contribution in [2.24, 2.45) is 0 Å². The van der Waals surface area contributed by atoms with Gasteiger partial charge in [-0.3, -0.25) is 0 Å². The third kappa shape index (κ3) is 5.26. The van der Waals surface area contributed by atoms with Gasteiger partial charge in [0.1, 0.15) is 21.7 Å². The van der Waals surface area contributed by atoms with E-state index in [1.54, 1.807) is 6.92 Å². The lowest BCUT2D eigenvalue weighted by atomic mass is 10.1. The third-order valence-corrected chi connectivity index (χ3v) is 6.44. The van der Waals surface area contributed by atoms with Gasteiger partial charge in [-0.2, -0.15) is 5.26 Å². The zero-order valence-corrected chi connectivity index (χ0v) is 18.3. The molecule has 2 aromatic heterocycles. The van der Waals surface area contributed by atoms with Gasteiger partial charge in [-0.15, -0.1) is 0 Å². The summed E-state index contributed by atoms with van der Waals surface area (Å²) in [7, 11) is 0. The molecule has 1 N–H and O–H groups in total. The normalized spacial score (nSPS) is 13.3. The number of hydrogen-bond donors (Lipinski definition) is 1. The highest BCUT2D eigenvalue weighted by Gasteiger charge is 2.30. The Morgan fingerprint density at radius 3 is 2.80 bits per heavy atom. The molecule has 1 aliphatic rings. The summed E-state index contributed by atoms with van der Waals surface area (Å²) in [6.45, 7) is 4.69. The molecule has 1 aliphatic carbocycles. The van der Waals surface area contributed by atoms with Crippen molar-refractivity contribution in [3.8, 4) is 6.07 Å². The molecule has 160 valence electrons. The lowest BCUT2D eigenvalue weighted by Gasteiger charge is -2.11. The van der Waals surface area contributed by atoms with Crippen LogP contribution in [-0.2, 0) is 10.5 Å². The summed E-state index contributed by atoms with van der Waals surface area (Å²) in [5.74, 6) is -0.112. The van der Waals surface area contributed by atoms with Crippen LogP contribution in [0.3, 0.4) is 0 Å². The van der Waals surface area contributed by atoms with Crippen molar-refractivity contribution < 1.29 is 18.3 Å². The van der Waals surface area contributed by atoms with Crippen molar-refractivity contribution in [3.05, 3.63) is 33.5 Å². The molecule has 0 aromatic carbocycles. The fourth-order valence-corrected chi connectivity index (χ4v) is 4.81. The smallest absolute Gasteiger partial charge is 0.350 e. The van der Waals surface area contributed by atoms with Crippen molar-refractivity contribution in [2.45, 2.75) is 56.2 Å². The maximum absolute atomic E-state index is 13.4. The molecule has 3 rings (SSSR count). The maximum atomic E-state index is 13.4. The van der Waals surface area contributed by atoms with Crippen molar-refractivity contribution in [3.63, 3.8) is 0 Å². The molecule has 0 bridgehead atoms. The zero-order valence-electron chi connectivity index (χ0n) is 16.7. The minimum Gasteiger partial charge on any atom is -0.462 e. The van der Waals surface area contributed by atoms with E-state index in [9.17, 15) is 18.8 Å². The second kappa shape index (κ2) is 10.2. The number of hydrogen-bond acceptors (Lipinski definition) is 8. The molecule has 1 fully saturated rings. The molecule has 6 nitrogen and oxygen atoms in total. The number of pyridine rings is 1. The van der Waals surface area contributed by atoms with Crippen LogP contribution in [0.25, 0.3) is 0 Å². The van der Waals surface area contributed by atoms with Crippen LogP contribution in [0.1, 0.15) is 77.6 Å². The van der Waals surface area contributed by atoms with Crippen molar-refractivity contribution in [2.75, 3.05) is 18.5 Å². The maximum Gasteiger partial charge on any atom is 0.350 e. The first-order valence-electron chi connectivity index (χ1n) is 9.74. The Labute approximate surface area is 182 Å². The van der Waals surface area contributed by atoms with Gasteiger partial charge in [0.15, 0.2) is 5.13 Å². The van der Waals surface area contributed by atoms with E-state index in [0.29, 0.717) is 33.4 Å². The molecular weight excluding hydrogens is 430 g/mol. The molecule has 2 heterocycles. The monoisotopic (exact) mass is 452 g/mol. The van der Waals surface area contributed by atoms with Gasteiger partial charge in [0.2, 0.25) is 0 Å². The average molecular weight is 453 g/mol. The van der Waals surface area contributed by atoms with Crippen LogP contribution >= 0.6 is 23.1 Å². The quantitative estimate of drug-likeness (QED) is 0.375. The van der Waals surface area contributed by atoms with Gasteiger partial charge in [-0.25, -0.2) is 23.5 Å². The van der Waals surface area contributed by atoms with E-state index in [-0.39, 0.29) is 29.0 Å². The summed E-state index contributed by atoms with van der Waals surface area (Å²) < 4.78 is 31.8. The van der Waals surface area contributed by atoms with Crippen LogP contribution in [0, 0.1) is 11.3 Å². The predicted octanol–water partition coefficient (Wildman–Crippen LogP) is 5.52. The number of alkyl halides is 2. The Morgan fingerprint density at radius 2 is 2.20 bits per heavy atom. The number of rotatable bonds is 10. The summed E-state index contributed by atoms with van der Waals surface area (Å²) in [5, 5.41) is 13.6. The molecule has 0 amide bonds. The van der Waals surface area contributed by atoms with Gasteiger partial charge in [0.25, 0.3) is 6.43 Å². The van der Waals surface area contributed by atoms with E-state index in [1.807, 2.05) is 6.92 Å². The van der Waals surface area contributed by atoms with E-state index >= 15 is 0 Å². The zero-order chi connectivity index (χ0) is 21.7. The first-order valence-corrected chi connectivity index (χ1v) is 11.5. The molecule has 0 spiro atoms. The van der Waals surface area contributed by atoms with Crippen molar-refractivity contribution in [1.29, 1.82) is 5.26 Å². The Hall–Kier alpha value is -2.25. The second-order valence-electron chi connectivity index (χ2n) is 6.73. The summed E-state index contributed by atoms with van der Waals surface area (Å²) in [6.07, 6.45) is -0.0412. The highest BCUT2D eigenvalue weighted by atomic mass is 32.2. The van der Waals surface area contributed by atoms with Crippen LogP contribution in [0.15, 0.2) is 11.1 Å². The van der Waals surface area contributed by atoms with E-state index in [1.165, 1.54) is 17.4 Å². The Balaban J connectivity index is 1.89. The molecule has 2 aromatic rings. The van der Waals surface area contributed by atoms with E-state index in [2.05, 4.69) is 21.4 Å². The van der Waals surface area contributed by atoms with Crippen molar-refractivity contribution in [1.82, 2.24) is 9.97 Å². The summed E-state index contributed by atoms with van der Waals surface area (Å²) in [4.78, 5) is 21.2. The minimum absolute atomic E-state index is 0.138. The van der Waals surface area contributed by atoms with Gasteiger partial charge < -0.3 is 10.1 Å². The number of nitrogens with one attached hydrogen (secondary N) is 1. The number of nitrogens with zero attached hydrogens (tertiary/aromatic N) is 3. The fraction of sp³-hybridized carbons (Fsp3) is 0.500. The number of ether oxygens (including phenoxy) is 1. The lowest BCUT2D eigenvalue weighted by molar-refractivity contribution is 0.0531. The number of halogens is 2. The molecule has 0 radical (unpaired) electrons. The van der Waals surface area contributed by atoms with Crippen LogP contribution in [-0.4, -0.2) is 29.1 Å². The van der Waals surface area contributed by atoms with Crippen LogP contribution in [0.5, 0.6) is 0 Å². The van der Waals surface area contributed by atoms with E-state index in [4.69, 9.17) is 4.74 Å². The standard InChI is InChI=1S/C20H22F2N4O2S2/c1-3-7-24-20-26-15(16(30-20)19(27)28-4-2)10-29-18-13(9-23)12(11-5-6-11)8-14(25-18)17(21)22/h8,11,17H,3-7,10H2,1-2H3,(H,24,26). The molecular formula is C20H22F2N4O2S2. The lowest BCUT2D eigenvalue weighted by Crippen LogP contribution is -2.05. The average Bonchev–Trinajstić information content (AvgIpc) is 3.50. The third-order valence-electron chi connectivity index (χ3n) is 4.42. The number of nitriles is 1. The molecule has 0 saturated heterocycles. The highest BCUT2D eigenvalue weighted by Crippen LogP contribution is 2.44. The topological polar surface area (TPSA) is 87.9 Å². The second-order valence-corrected chi connectivity index (χ2v) is 8.70. The Kier molecular flexibility index (Phi) is 7.61. The molecule has 0 atom stereocenters. The molecule has 0 aliphatic heterocycles. The Morgan fingerprint density at radius 1 is 1.43 bits per heavy atom. The summed E-state index contributed by atoms with van der Waals surface area (Å²) in [6, 6.07) is 3.48. The van der Waals surface area contributed by atoms with Gasteiger partial charge in [0.05, 0.1) is 17.9 Å². The summed E-state index contributed by atoms with van der Waals surface area (Å²) >= 11 is 2.35. The molecule has 10 heteroatoms. The first-order chi connectivity index (χ1) is 14.5. The van der Waals surface area contributed by atoms with Gasteiger partial charge in [-0.1, -0.05) is 30.0 Å². The number of carbonyl (C=O) groups excluding carboxylic acids is 1. The number of thiazole rings is 1. The molecule has 30 heavy (non-hydrogen) atoms. The number of carbonyl (C=O) groups is 1. The Bertz CT molecular complexity index is 955. The van der Waals surface area contributed by atoms with Gasteiger partial charge >= 0.3 is 5.97 Å². The van der Waals surface area contributed by atoms with Crippen LogP contribution in [0.4, 0.5) is 13.9 Å². The van der Waals surface area contributed by atoms with Crippen LogP contribution in [0.2, 0.25) is 0 Å². The van der Waals surface area contributed by atoms with Crippen LogP contribution < -0.4 is 5.32 Å². The van der Waals surface area contributed by atoms with Crippen molar-refractivity contribution >= 4 is 34.2 Å². The predicted molar refractivity (Wildman–Crippen MR) is 112 cm³/mol. The highest BCUT2D eigenvalue weighted by molar-refractivity contribution is 7.98. The minimum atomic E-state index is -2.71. The number of aromatic nitrogens is 2. The number of anilines is 1. The number of thioether (sulfide) groups is 1. The first kappa shape index (κ1) is 22.4.